The topological polar surface area (TPSA) is 104 Å². The number of rotatable bonds is 12. The second-order valence-electron chi connectivity index (χ2n) is 6.53. The summed E-state index contributed by atoms with van der Waals surface area (Å²) in [7, 11) is 0. The predicted octanol–water partition coefficient (Wildman–Crippen LogP) is 5.70. The van der Waals surface area contributed by atoms with Crippen molar-refractivity contribution >= 4 is 17.8 Å². The third kappa shape index (κ3) is 30.3. The number of amides is 1. The highest BCUT2D eigenvalue weighted by Gasteiger charge is 2.38. The molecular weight excluding hydrogens is 436 g/mol. The van der Waals surface area contributed by atoms with Crippen LogP contribution in [0.5, 0.6) is 0 Å². The lowest BCUT2D eigenvalue weighted by Gasteiger charge is -2.03. The van der Waals surface area contributed by atoms with E-state index in [1.165, 1.54) is 51.4 Å². The van der Waals surface area contributed by atoms with E-state index >= 15 is 0 Å². The predicted molar refractivity (Wildman–Crippen MR) is 103 cm³/mol. The van der Waals surface area contributed by atoms with Crippen LogP contribution in [0, 0.1) is 0 Å². The van der Waals surface area contributed by atoms with E-state index < -0.39 is 24.3 Å². The molecule has 0 aliphatic heterocycles. The van der Waals surface area contributed by atoms with Crippen LogP contribution in [0.25, 0.3) is 0 Å². The summed E-state index contributed by atoms with van der Waals surface area (Å²) in [6.45, 7) is 5.17. The highest BCUT2D eigenvalue weighted by molar-refractivity contribution is 5.75. The van der Waals surface area contributed by atoms with Crippen molar-refractivity contribution in [3.8, 4) is 0 Å². The Morgan fingerprint density at radius 1 is 0.645 bits per heavy atom. The average molecular weight is 469 g/mol. The zero-order chi connectivity index (χ0) is 24.9. The van der Waals surface area contributed by atoms with Gasteiger partial charge in [-0.15, -0.1) is 0 Å². The van der Waals surface area contributed by atoms with Crippen LogP contribution in [-0.2, 0) is 14.4 Å². The van der Waals surface area contributed by atoms with Crippen molar-refractivity contribution in [3.05, 3.63) is 0 Å². The van der Waals surface area contributed by atoms with E-state index in [9.17, 15) is 31.1 Å². The highest BCUT2D eigenvalue weighted by atomic mass is 19.4. The van der Waals surface area contributed by atoms with Gasteiger partial charge in [0.2, 0.25) is 5.91 Å². The van der Waals surface area contributed by atoms with Gasteiger partial charge in [-0.25, -0.2) is 9.59 Å². The van der Waals surface area contributed by atoms with Crippen LogP contribution in [0.2, 0.25) is 0 Å². The van der Waals surface area contributed by atoms with Crippen molar-refractivity contribution in [1.29, 1.82) is 0 Å². The fourth-order valence-electron chi connectivity index (χ4n) is 1.95. The van der Waals surface area contributed by atoms with E-state index in [1.54, 1.807) is 0 Å². The smallest absolute Gasteiger partial charge is 0.475 e. The van der Waals surface area contributed by atoms with Crippen LogP contribution >= 0.6 is 0 Å². The van der Waals surface area contributed by atoms with E-state index in [2.05, 4.69) is 19.2 Å². The molecule has 0 heterocycles. The molecule has 0 saturated carbocycles. The minimum absolute atomic E-state index is 0.231. The number of unbranched alkanes of at least 4 members (excludes halogenated alkanes) is 8. The molecule has 186 valence electrons. The van der Waals surface area contributed by atoms with Gasteiger partial charge in [-0.1, -0.05) is 65.2 Å². The number of alkyl halides is 6. The van der Waals surface area contributed by atoms with Gasteiger partial charge in [-0.2, -0.15) is 26.3 Å². The lowest BCUT2D eigenvalue weighted by Crippen LogP contribution is -2.23. The zero-order valence-corrected chi connectivity index (χ0v) is 17.9. The maximum Gasteiger partial charge on any atom is 0.490 e. The van der Waals surface area contributed by atoms with E-state index in [0.717, 1.165) is 25.8 Å². The number of carboxylic acids is 2. The van der Waals surface area contributed by atoms with Gasteiger partial charge in [0.05, 0.1) is 0 Å². The molecule has 0 aromatic carbocycles. The van der Waals surface area contributed by atoms with E-state index in [0.29, 0.717) is 0 Å². The molecule has 0 saturated heterocycles. The van der Waals surface area contributed by atoms with Crippen molar-refractivity contribution in [2.75, 3.05) is 6.54 Å². The standard InChI is InChI=1S/C15H31NO.2C2HF3O2/c1-3-5-6-7-8-9-10-11-12-13-15(17)16-14-4-2;2*3-2(4,5)1(6)7/h3-14H2,1-2H3,(H,16,17);2*(H,6,7). The molecular formula is C19H33F6NO5. The summed E-state index contributed by atoms with van der Waals surface area (Å²) >= 11 is 0. The molecule has 1 amide bonds. The molecule has 0 rings (SSSR count). The summed E-state index contributed by atoms with van der Waals surface area (Å²) in [5.74, 6) is -5.28. The Balaban J connectivity index is -0.000000460. The number of nitrogens with one attached hydrogen (secondary N) is 1. The van der Waals surface area contributed by atoms with Crippen LogP contribution in [0.4, 0.5) is 26.3 Å². The Hall–Kier alpha value is -2.01. The summed E-state index contributed by atoms with van der Waals surface area (Å²) in [6, 6.07) is 0. The number of carbonyl (C=O) groups excluding carboxylic acids is 1. The molecule has 0 radical (unpaired) electrons. The largest absolute Gasteiger partial charge is 0.490 e. The summed E-state index contributed by atoms with van der Waals surface area (Å²) in [5, 5.41) is 17.2. The Labute approximate surface area is 178 Å². The molecule has 0 aromatic rings. The zero-order valence-electron chi connectivity index (χ0n) is 17.9. The Morgan fingerprint density at radius 3 is 1.26 bits per heavy atom. The monoisotopic (exact) mass is 469 g/mol. The van der Waals surface area contributed by atoms with Gasteiger partial charge in [0, 0.05) is 13.0 Å². The van der Waals surface area contributed by atoms with Crippen molar-refractivity contribution in [1.82, 2.24) is 5.32 Å². The number of hydrogen-bond donors (Lipinski definition) is 3. The van der Waals surface area contributed by atoms with E-state index in [4.69, 9.17) is 19.8 Å². The summed E-state index contributed by atoms with van der Waals surface area (Å²) in [6.07, 6.45) is 3.39. The third-order valence-electron chi connectivity index (χ3n) is 3.56. The van der Waals surface area contributed by atoms with Gasteiger partial charge in [0.15, 0.2) is 0 Å². The second kappa shape index (κ2) is 19.9. The fraction of sp³-hybridized carbons (Fsp3) is 0.842. The highest BCUT2D eigenvalue weighted by Crippen LogP contribution is 2.14. The first-order valence-corrected chi connectivity index (χ1v) is 10.1. The Bertz CT molecular complexity index is 457. The summed E-state index contributed by atoms with van der Waals surface area (Å²) in [4.78, 5) is 29.1. The second-order valence-corrected chi connectivity index (χ2v) is 6.53. The van der Waals surface area contributed by atoms with E-state index in [1.807, 2.05) is 0 Å². The molecule has 12 heteroatoms. The molecule has 0 spiro atoms. The van der Waals surface area contributed by atoms with Crippen molar-refractivity contribution in [3.63, 3.8) is 0 Å². The first-order valence-electron chi connectivity index (χ1n) is 10.1. The maximum atomic E-state index is 11.3. The van der Waals surface area contributed by atoms with Crippen molar-refractivity contribution < 1.29 is 50.9 Å². The van der Waals surface area contributed by atoms with Gasteiger partial charge in [0.1, 0.15) is 0 Å². The van der Waals surface area contributed by atoms with Gasteiger partial charge < -0.3 is 15.5 Å². The fourth-order valence-corrected chi connectivity index (χ4v) is 1.95. The molecule has 0 bridgehead atoms. The lowest BCUT2D eigenvalue weighted by molar-refractivity contribution is -0.193. The molecule has 0 unspecified atom stereocenters. The normalized spacial score (nSPS) is 10.8. The van der Waals surface area contributed by atoms with Crippen molar-refractivity contribution in [2.45, 2.75) is 96.8 Å². The number of halogens is 6. The summed E-state index contributed by atoms with van der Waals surface area (Å²) < 4.78 is 63.5. The molecule has 0 aromatic heterocycles. The Kier molecular flexibility index (Phi) is 21.6. The molecule has 0 aliphatic carbocycles. The van der Waals surface area contributed by atoms with Gasteiger partial charge in [0.25, 0.3) is 0 Å². The Morgan fingerprint density at radius 2 is 0.968 bits per heavy atom. The van der Waals surface area contributed by atoms with Gasteiger partial charge in [-0.05, 0) is 12.8 Å². The van der Waals surface area contributed by atoms with Crippen LogP contribution in [0.1, 0.15) is 84.5 Å². The molecule has 0 atom stereocenters. The van der Waals surface area contributed by atoms with E-state index in [-0.39, 0.29) is 5.91 Å². The first-order chi connectivity index (χ1) is 14.2. The lowest BCUT2D eigenvalue weighted by atomic mass is 10.1. The maximum absolute atomic E-state index is 11.3. The molecule has 0 aliphatic rings. The van der Waals surface area contributed by atoms with Gasteiger partial charge in [-0.3, -0.25) is 4.79 Å². The number of carbonyl (C=O) groups is 3. The first kappa shape index (κ1) is 33.6. The minimum atomic E-state index is -5.08. The molecule has 0 fully saturated rings. The van der Waals surface area contributed by atoms with Crippen LogP contribution < -0.4 is 5.32 Å². The van der Waals surface area contributed by atoms with Crippen molar-refractivity contribution in [2.24, 2.45) is 0 Å². The SMILES string of the molecule is CCCCCCCCCCCC(=O)NCCC.O=C(O)C(F)(F)F.O=C(O)C(F)(F)F. The minimum Gasteiger partial charge on any atom is -0.475 e. The van der Waals surface area contributed by atoms with Gasteiger partial charge >= 0.3 is 24.3 Å². The van der Waals surface area contributed by atoms with Crippen LogP contribution in [0.3, 0.4) is 0 Å². The van der Waals surface area contributed by atoms with Crippen LogP contribution in [0.15, 0.2) is 0 Å². The quantitative estimate of drug-likeness (QED) is 0.251. The molecule has 6 nitrogen and oxygen atoms in total. The number of carboxylic acid groups (broad SMARTS) is 2. The average Bonchev–Trinajstić information content (AvgIpc) is 2.64. The number of aliphatic carboxylic acids is 2. The molecule has 31 heavy (non-hydrogen) atoms. The van der Waals surface area contributed by atoms with Crippen LogP contribution in [-0.4, -0.2) is 47.0 Å². The summed E-state index contributed by atoms with van der Waals surface area (Å²) in [5.41, 5.74) is 0. The molecule has 3 N–H and O–H groups in total. The third-order valence-corrected chi connectivity index (χ3v) is 3.56. The number of hydrogen-bond acceptors (Lipinski definition) is 3.